The SMILES string of the molecule is CCC1CCC(N(C)C(=O)c2cc(C)nc(NC)c2)CC1. The summed E-state index contributed by atoms with van der Waals surface area (Å²) in [6.45, 7) is 4.18. The Hall–Kier alpha value is -1.58. The van der Waals surface area contributed by atoms with E-state index < -0.39 is 0 Å². The fraction of sp³-hybridized carbons (Fsp3) is 0.647. The van der Waals surface area contributed by atoms with Gasteiger partial charge in [0.1, 0.15) is 5.82 Å². The third-order valence-corrected chi connectivity index (χ3v) is 4.72. The summed E-state index contributed by atoms with van der Waals surface area (Å²) in [6, 6.07) is 4.09. The van der Waals surface area contributed by atoms with Crippen LogP contribution in [0.2, 0.25) is 0 Å². The summed E-state index contributed by atoms with van der Waals surface area (Å²) in [5.41, 5.74) is 1.60. The van der Waals surface area contributed by atoms with Crippen molar-refractivity contribution < 1.29 is 4.79 Å². The van der Waals surface area contributed by atoms with Gasteiger partial charge in [0.25, 0.3) is 5.91 Å². The highest BCUT2D eigenvalue weighted by molar-refractivity contribution is 5.95. The van der Waals surface area contributed by atoms with Gasteiger partial charge in [0.2, 0.25) is 0 Å². The Balaban J connectivity index is 2.07. The first-order valence-corrected chi connectivity index (χ1v) is 7.98. The molecule has 1 amide bonds. The molecule has 4 heteroatoms. The van der Waals surface area contributed by atoms with Gasteiger partial charge in [-0.1, -0.05) is 13.3 Å². The minimum Gasteiger partial charge on any atom is -0.373 e. The number of hydrogen-bond donors (Lipinski definition) is 1. The Morgan fingerprint density at radius 3 is 2.57 bits per heavy atom. The van der Waals surface area contributed by atoms with Gasteiger partial charge in [-0.05, 0) is 50.7 Å². The fourth-order valence-corrected chi connectivity index (χ4v) is 3.23. The number of nitrogens with one attached hydrogen (secondary N) is 1. The zero-order valence-electron chi connectivity index (χ0n) is 13.6. The molecule has 1 aliphatic rings. The molecular weight excluding hydrogens is 262 g/mol. The van der Waals surface area contributed by atoms with Crippen molar-refractivity contribution in [1.29, 1.82) is 0 Å². The molecule has 21 heavy (non-hydrogen) atoms. The fourth-order valence-electron chi connectivity index (χ4n) is 3.23. The normalized spacial score (nSPS) is 21.9. The van der Waals surface area contributed by atoms with Gasteiger partial charge in [0.15, 0.2) is 0 Å². The average Bonchev–Trinajstić information content (AvgIpc) is 2.52. The second-order valence-electron chi connectivity index (χ2n) is 6.13. The highest BCUT2D eigenvalue weighted by atomic mass is 16.2. The molecule has 0 aromatic carbocycles. The van der Waals surface area contributed by atoms with Crippen molar-refractivity contribution in [2.24, 2.45) is 5.92 Å². The summed E-state index contributed by atoms with van der Waals surface area (Å²) in [7, 11) is 3.76. The van der Waals surface area contributed by atoms with Crippen LogP contribution in [0.1, 0.15) is 55.1 Å². The van der Waals surface area contributed by atoms with Crippen molar-refractivity contribution in [3.63, 3.8) is 0 Å². The average molecular weight is 289 g/mol. The van der Waals surface area contributed by atoms with E-state index in [4.69, 9.17) is 0 Å². The van der Waals surface area contributed by atoms with E-state index in [0.717, 1.165) is 35.8 Å². The number of hydrogen-bond acceptors (Lipinski definition) is 3. The first kappa shape index (κ1) is 15.8. The van der Waals surface area contributed by atoms with Crippen LogP contribution < -0.4 is 5.32 Å². The van der Waals surface area contributed by atoms with Crippen LogP contribution in [0, 0.1) is 12.8 Å². The quantitative estimate of drug-likeness (QED) is 0.923. The Morgan fingerprint density at radius 2 is 2.00 bits per heavy atom. The highest BCUT2D eigenvalue weighted by Crippen LogP contribution is 2.29. The molecule has 116 valence electrons. The Kier molecular flexibility index (Phi) is 5.21. The lowest BCUT2D eigenvalue weighted by atomic mass is 9.84. The van der Waals surface area contributed by atoms with Crippen molar-refractivity contribution in [3.05, 3.63) is 23.4 Å². The Labute approximate surface area is 127 Å². The number of nitrogens with zero attached hydrogens (tertiary/aromatic N) is 2. The minimum absolute atomic E-state index is 0.108. The van der Waals surface area contributed by atoms with E-state index in [1.165, 1.54) is 19.3 Å². The lowest BCUT2D eigenvalue weighted by Gasteiger charge is -2.34. The summed E-state index contributed by atoms with van der Waals surface area (Å²) < 4.78 is 0. The van der Waals surface area contributed by atoms with Gasteiger partial charge in [-0.2, -0.15) is 0 Å². The third kappa shape index (κ3) is 3.74. The van der Waals surface area contributed by atoms with Crippen LogP contribution >= 0.6 is 0 Å². The lowest BCUT2D eigenvalue weighted by molar-refractivity contribution is 0.0674. The molecule has 0 radical (unpaired) electrons. The number of aromatic nitrogens is 1. The van der Waals surface area contributed by atoms with Crippen molar-refractivity contribution in [2.75, 3.05) is 19.4 Å². The topological polar surface area (TPSA) is 45.2 Å². The molecule has 2 rings (SSSR count). The first-order chi connectivity index (χ1) is 10.0. The van der Waals surface area contributed by atoms with E-state index in [0.29, 0.717) is 6.04 Å². The van der Waals surface area contributed by atoms with Gasteiger partial charge in [-0.15, -0.1) is 0 Å². The molecule has 1 fully saturated rings. The number of pyridine rings is 1. The third-order valence-electron chi connectivity index (χ3n) is 4.72. The van der Waals surface area contributed by atoms with E-state index in [-0.39, 0.29) is 5.91 Å². The van der Waals surface area contributed by atoms with Gasteiger partial charge >= 0.3 is 0 Å². The largest absolute Gasteiger partial charge is 0.373 e. The zero-order valence-corrected chi connectivity index (χ0v) is 13.6. The number of carbonyl (C=O) groups is 1. The predicted octanol–water partition coefficient (Wildman–Crippen LogP) is 3.47. The summed E-state index contributed by atoms with van der Waals surface area (Å²) in [4.78, 5) is 19.0. The van der Waals surface area contributed by atoms with E-state index in [2.05, 4.69) is 17.2 Å². The van der Waals surface area contributed by atoms with Crippen molar-refractivity contribution >= 4 is 11.7 Å². The van der Waals surface area contributed by atoms with Crippen LogP contribution in [0.15, 0.2) is 12.1 Å². The van der Waals surface area contributed by atoms with Crippen molar-refractivity contribution in [1.82, 2.24) is 9.88 Å². The van der Waals surface area contributed by atoms with Gasteiger partial charge in [0, 0.05) is 31.4 Å². The molecule has 1 heterocycles. The maximum absolute atomic E-state index is 12.7. The molecule has 1 aromatic rings. The summed E-state index contributed by atoms with van der Waals surface area (Å²) >= 11 is 0. The van der Waals surface area contributed by atoms with E-state index in [1.54, 1.807) is 0 Å². The number of aryl methyl sites for hydroxylation is 1. The molecule has 1 saturated carbocycles. The van der Waals surface area contributed by atoms with Crippen LogP contribution in [0.5, 0.6) is 0 Å². The number of rotatable bonds is 4. The molecular formula is C17H27N3O. The lowest BCUT2D eigenvalue weighted by Crippen LogP contribution is -2.39. The monoisotopic (exact) mass is 289 g/mol. The second-order valence-corrected chi connectivity index (χ2v) is 6.13. The van der Waals surface area contributed by atoms with Crippen LogP contribution in [0.4, 0.5) is 5.82 Å². The Bertz CT molecular complexity index is 493. The maximum atomic E-state index is 12.7. The highest BCUT2D eigenvalue weighted by Gasteiger charge is 2.26. The summed E-state index contributed by atoms with van der Waals surface area (Å²) in [5.74, 6) is 1.71. The maximum Gasteiger partial charge on any atom is 0.254 e. The molecule has 1 aliphatic carbocycles. The number of anilines is 1. The molecule has 0 spiro atoms. The van der Waals surface area contributed by atoms with Gasteiger partial charge in [0.05, 0.1) is 0 Å². The van der Waals surface area contributed by atoms with Gasteiger partial charge in [-0.25, -0.2) is 4.98 Å². The van der Waals surface area contributed by atoms with Crippen LogP contribution in [-0.2, 0) is 0 Å². The molecule has 1 aromatic heterocycles. The second kappa shape index (κ2) is 6.92. The first-order valence-electron chi connectivity index (χ1n) is 7.98. The molecule has 0 saturated heterocycles. The van der Waals surface area contributed by atoms with Crippen LogP contribution in [0.3, 0.4) is 0 Å². The van der Waals surface area contributed by atoms with Crippen molar-refractivity contribution in [2.45, 2.75) is 52.0 Å². The van der Waals surface area contributed by atoms with Crippen LogP contribution in [-0.4, -0.2) is 35.9 Å². The van der Waals surface area contributed by atoms with Crippen LogP contribution in [0.25, 0.3) is 0 Å². The minimum atomic E-state index is 0.108. The Morgan fingerprint density at radius 1 is 1.33 bits per heavy atom. The smallest absolute Gasteiger partial charge is 0.254 e. The molecule has 1 N–H and O–H groups in total. The van der Waals surface area contributed by atoms with E-state index in [1.807, 2.05) is 38.1 Å². The summed E-state index contributed by atoms with van der Waals surface area (Å²) in [5, 5.41) is 3.01. The van der Waals surface area contributed by atoms with Gasteiger partial charge < -0.3 is 10.2 Å². The molecule has 0 bridgehead atoms. The van der Waals surface area contributed by atoms with E-state index >= 15 is 0 Å². The van der Waals surface area contributed by atoms with Gasteiger partial charge in [-0.3, -0.25) is 4.79 Å². The molecule has 0 atom stereocenters. The number of carbonyl (C=O) groups excluding carboxylic acids is 1. The van der Waals surface area contributed by atoms with E-state index in [9.17, 15) is 4.79 Å². The zero-order chi connectivity index (χ0) is 15.4. The molecule has 4 nitrogen and oxygen atoms in total. The standard InChI is InChI=1S/C17H27N3O/c1-5-13-6-8-15(9-7-13)20(4)17(21)14-10-12(2)19-16(11-14)18-3/h10-11,13,15H,5-9H2,1-4H3,(H,18,19). The molecule has 0 unspecified atom stereocenters. The number of amides is 1. The predicted molar refractivity (Wildman–Crippen MR) is 86.7 cm³/mol. The summed E-state index contributed by atoms with van der Waals surface area (Å²) in [6.07, 6.45) is 6.01. The molecule has 0 aliphatic heterocycles. The van der Waals surface area contributed by atoms with Crippen molar-refractivity contribution in [3.8, 4) is 0 Å².